The van der Waals surface area contributed by atoms with Crippen LogP contribution in [0.25, 0.3) is 0 Å². The number of para-hydroxylation sites is 1. The van der Waals surface area contributed by atoms with Gasteiger partial charge in [-0.3, -0.25) is 15.1 Å². The van der Waals surface area contributed by atoms with Crippen LogP contribution in [-0.2, 0) is 4.79 Å². The minimum atomic E-state index is -0.499. The Morgan fingerprint density at radius 2 is 1.82 bits per heavy atom. The number of hydrogen-bond donors (Lipinski definition) is 3. The monoisotopic (exact) mass is 466 g/mol. The van der Waals surface area contributed by atoms with E-state index in [4.69, 9.17) is 4.74 Å². The first kappa shape index (κ1) is 21.8. The van der Waals surface area contributed by atoms with Gasteiger partial charge in [-0.2, -0.15) is 0 Å². The molecule has 5 unspecified atom stereocenters. The second-order valence-corrected chi connectivity index (χ2v) is 9.80. The fourth-order valence-corrected chi connectivity index (χ4v) is 6.05. The van der Waals surface area contributed by atoms with Gasteiger partial charge in [0.05, 0.1) is 19.2 Å². The van der Waals surface area contributed by atoms with E-state index in [0.29, 0.717) is 17.8 Å². The molecular weight excluding hydrogens is 435 g/mol. The lowest BCUT2D eigenvalue weighted by atomic mass is 9.93. The molecule has 34 heavy (non-hydrogen) atoms. The fraction of sp³-hybridized carbons (Fsp3) is 0.480. The van der Waals surface area contributed by atoms with E-state index < -0.39 is 5.82 Å². The number of benzene rings is 2. The highest BCUT2D eigenvalue weighted by Crippen LogP contribution is 2.37. The average Bonchev–Trinajstić information content (AvgIpc) is 3.32. The molecule has 4 aliphatic heterocycles. The van der Waals surface area contributed by atoms with E-state index in [2.05, 4.69) is 57.4 Å². The van der Waals surface area contributed by atoms with Gasteiger partial charge >= 0.3 is 0 Å². The molecule has 4 heterocycles. The molecule has 8 nitrogen and oxygen atoms in total. The topological polar surface area (TPSA) is 72.1 Å². The number of methoxy groups -OCH3 is 1. The first-order valence-electron chi connectivity index (χ1n) is 12.0. The highest BCUT2D eigenvalue weighted by Gasteiger charge is 2.45. The quantitative estimate of drug-likeness (QED) is 0.636. The number of amides is 1. The van der Waals surface area contributed by atoms with Crippen LogP contribution in [0.4, 0.5) is 15.8 Å². The number of ether oxygens (including phenoxy) is 1. The van der Waals surface area contributed by atoms with Gasteiger partial charge in [0.2, 0.25) is 5.91 Å². The molecule has 3 N–H and O–H groups in total. The van der Waals surface area contributed by atoms with Crippen LogP contribution in [0.5, 0.6) is 5.75 Å². The summed E-state index contributed by atoms with van der Waals surface area (Å²) in [4.78, 5) is 17.9. The smallest absolute Gasteiger partial charge is 0.243 e. The van der Waals surface area contributed by atoms with Crippen LogP contribution < -0.4 is 30.9 Å². The summed E-state index contributed by atoms with van der Waals surface area (Å²) < 4.78 is 20.1. The molecule has 9 heteroatoms. The molecule has 0 spiro atoms. The Kier molecular flexibility index (Phi) is 5.44. The van der Waals surface area contributed by atoms with Gasteiger partial charge in [0.25, 0.3) is 0 Å². The number of nitrogens with one attached hydrogen (secondary N) is 3. The van der Waals surface area contributed by atoms with E-state index in [9.17, 15) is 9.18 Å². The van der Waals surface area contributed by atoms with Crippen LogP contribution in [0.1, 0.15) is 30.9 Å². The van der Waals surface area contributed by atoms with Crippen LogP contribution in [0.2, 0.25) is 0 Å². The predicted octanol–water partition coefficient (Wildman–Crippen LogP) is 1.94. The molecule has 5 atom stereocenters. The lowest BCUT2D eigenvalue weighted by molar-refractivity contribution is -0.121. The number of halogens is 1. The Hall–Kier alpha value is -2.72. The average molecular weight is 467 g/mol. The summed E-state index contributed by atoms with van der Waals surface area (Å²) in [6.45, 7) is 2.10. The lowest BCUT2D eigenvalue weighted by Gasteiger charge is -2.40. The standard InChI is InChI=1S/C25H31FN6O2/c1-30-17-9-10-18(30)14-31(13-17)16-6-3-5-15(11-16)23-24-20(27-28-23)12-22(33)32(29-24)25-19(26)7-4-8-21(25)34-2/h3-8,11,17-18,20,23-24,27-29H,9-10,12-14H2,1-2H3. The molecule has 0 radical (unpaired) electrons. The number of hydrazine groups is 2. The van der Waals surface area contributed by atoms with Crippen molar-refractivity contribution in [3.8, 4) is 5.75 Å². The third-order valence-electron chi connectivity index (χ3n) is 7.97. The molecule has 4 saturated heterocycles. The van der Waals surface area contributed by atoms with Gasteiger partial charge in [0, 0.05) is 43.3 Å². The molecular formula is C25H31FN6O2. The molecule has 1 amide bonds. The summed E-state index contributed by atoms with van der Waals surface area (Å²) >= 11 is 0. The normalized spacial score (nSPS) is 31.1. The predicted molar refractivity (Wildman–Crippen MR) is 128 cm³/mol. The van der Waals surface area contributed by atoms with Crippen molar-refractivity contribution in [1.29, 1.82) is 0 Å². The third-order valence-corrected chi connectivity index (χ3v) is 7.97. The largest absolute Gasteiger partial charge is 0.494 e. The number of carbonyl (C=O) groups excluding carboxylic acids is 1. The number of anilines is 2. The molecule has 6 rings (SSSR count). The molecule has 2 aromatic rings. The molecule has 2 aromatic carbocycles. The van der Waals surface area contributed by atoms with Crippen molar-refractivity contribution in [3.05, 3.63) is 53.8 Å². The number of likely N-dealkylation sites (N-methyl/N-ethyl adjacent to an activating group) is 1. The van der Waals surface area contributed by atoms with Crippen molar-refractivity contribution in [3.63, 3.8) is 0 Å². The number of fused-ring (bicyclic) bond motifs is 3. The Morgan fingerprint density at radius 1 is 1.06 bits per heavy atom. The molecule has 4 aliphatic rings. The van der Waals surface area contributed by atoms with Crippen molar-refractivity contribution in [2.75, 3.05) is 37.2 Å². The Labute approximate surface area is 199 Å². The summed E-state index contributed by atoms with van der Waals surface area (Å²) in [5.41, 5.74) is 12.4. The van der Waals surface area contributed by atoms with Gasteiger partial charge < -0.3 is 9.64 Å². The fourth-order valence-electron chi connectivity index (χ4n) is 6.05. The molecule has 4 fully saturated rings. The number of hydrogen-bond acceptors (Lipinski definition) is 7. The van der Waals surface area contributed by atoms with E-state index in [1.807, 2.05) is 0 Å². The maximum atomic E-state index is 14.8. The first-order valence-corrected chi connectivity index (χ1v) is 12.0. The summed E-state index contributed by atoms with van der Waals surface area (Å²) in [6.07, 6.45) is 2.78. The van der Waals surface area contributed by atoms with Crippen LogP contribution in [-0.4, -0.2) is 62.2 Å². The lowest BCUT2D eigenvalue weighted by Crippen LogP contribution is -2.60. The van der Waals surface area contributed by atoms with Gasteiger partial charge in [-0.1, -0.05) is 18.2 Å². The zero-order valence-electron chi connectivity index (χ0n) is 19.5. The maximum absolute atomic E-state index is 14.8. The number of nitrogens with zero attached hydrogens (tertiary/aromatic N) is 3. The van der Waals surface area contributed by atoms with Crippen LogP contribution in [0.3, 0.4) is 0 Å². The second kappa shape index (κ2) is 8.49. The number of rotatable bonds is 4. The van der Waals surface area contributed by atoms with Gasteiger partial charge in [-0.25, -0.2) is 20.3 Å². The second-order valence-electron chi connectivity index (χ2n) is 9.80. The highest BCUT2D eigenvalue weighted by molar-refractivity contribution is 5.95. The van der Waals surface area contributed by atoms with E-state index in [0.717, 1.165) is 18.7 Å². The summed E-state index contributed by atoms with van der Waals surface area (Å²) in [6, 6.07) is 14.1. The number of piperazine rings is 1. The van der Waals surface area contributed by atoms with Crippen molar-refractivity contribution >= 4 is 17.3 Å². The molecule has 0 aliphatic carbocycles. The van der Waals surface area contributed by atoms with Gasteiger partial charge in [0.15, 0.2) is 5.82 Å². The summed E-state index contributed by atoms with van der Waals surface area (Å²) in [5, 5.41) is 1.32. The van der Waals surface area contributed by atoms with Crippen LogP contribution in [0, 0.1) is 5.82 Å². The molecule has 180 valence electrons. The minimum absolute atomic E-state index is 0.0810. The summed E-state index contributed by atoms with van der Waals surface area (Å²) in [5.74, 6) is -0.386. The van der Waals surface area contributed by atoms with Crippen molar-refractivity contribution in [2.45, 2.75) is 49.5 Å². The van der Waals surface area contributed by atoms with Crippen LogP contribution in [0.15, 0.2) is 42.5 Å². The van der Waals surface area contributed by atoms with Crippen molar-refractivity contribution in [1.82, 2.24) is 21.2 Å². The zero-order chi connectivity index (χ0) is 23.4. The SMILES string of the molecule is COc1cccc(F)c1N1NC2C(CC1=O)NNC2c1cccc(N2CC3CCC(C2)N3C)c1. The maximum Gasteiger partial charge on any atom is 0.243 e. The van der Waals surface area contributed by atoms with E-state index >= 15 is 0 Å². The van der Waals surface area contributed by atoms with Crippen molar-refractivity contribution in [2.24, 2.45) is 0 Å². The third kappa shape index (κ3) is 3.54. The molecule has 0 aromatic heterocycles. The number of carbonyl (C=O) groups is 1. The Bertz CT molecular complexity index is 1080. The first-order chi connectivity index (χ1) is 16.5. The van der Waals surface area contributed by atoms with E-state index in [1.54, 1.807) is 12.1 Å². The van der Waals surface area contributed by atoms with Gasteiger partial charge in [-0.05, 0) is 49.7 Å². The van der Waals surface area contributed by atoms with E-state index in [-0.39, 0.29) is 36.1 Å². The molecule has 0 saturated carbocycles. The van der Waals surface area contributed by atoms with Crippen molar-refractivity contribution < 1.29 is 13.9 Å². The molecule has 2 bridgehead atoms. The Balaban J connectivity index is 1.26. The van der Waals surface area contributed by atoms with Crippen LogP contribution >= 0.6 is 0 Å². The van der Waals surface area contributed by atoms with Gasteiger partial charge in [0.1, 0.15) is 11.4 Å². The minimum Gasteiger partial charge on any atom is -0.494 e. The van der Waals surface area contributed by atoms with E-state index in [1.165, 1.54) is 36.7 Å². The summed E-state index contributed by atoms with van der Waals surface area (Å²) in [7, 11) is 3.73. The Morgan fingerprint density at radius 3 is 2.59 bits per heavy atom. The van der Waals surface area contributed by atoms with Gasteiger partial charge in [-0.15, -0.1) is 0 Å². The zero-order valence-corrected chi connectivity index (χ0v) is 19.5. The highest BCUT2D eigenvalue weighted by atomic mass is 19.1.